The van der Waals surface area contributed by atoms with Crippen molar-refractivity contribution in [3.05, 3.63) is 65.1 Å². The van der Waals surface area contributed by atoms with Gasteiger partial charge in [0.1, 0.15) is 0 Å². The summed E-state index contributed by atoms with van der Waals surface area (Å²) in [6.45, 7) is 6.60. The third kappa shape index (κ3) is 4.79. The topological polar surface area (TPSA) is 72.9 Å². The Morgan fingerprint density at radius 2 is 1.69 bits per heavy atom. The smallest absolute Gasteiger partial charge is 0.258 e. The number of aryl methyl sites for hydroxylation is 1. The van der Waals surface area contributed by atoms with Crippen molar-refractivity contribution in [3.8, 4) is 11.5 Å². The van der Waals surface area contributed by atoms with Crippen LogP contribution in [0.5, 0.6) is 11.5 Å². The molecular weight excluding hydrogens is 390 g/mol. The first-order valence-electron chi connectivity index (χ1n) is 9.55. The van der Waals surface area contributed by atoms with Gasteiger partial charge in [-0.15, -0.1) is 0 Å². The fraction of sp³-hybridized carbons (Fsp3) is 0.318. The van der Waals surface area contributed by atoms with Crippen LogP contribution in [-0.2, 0) is 9.84 Å². The Hall–Kier alpha value is -2.80. The number of hydrogen-bond donors (Lipinski definition) is 0. The first kappa shape index (κ1) is 20.9. The molecule has 1 amide bonds. The van der Waals surface area contributed by atoms with Crippen molar-refractivity contribution in [3.63, 3.8) is 0 Å². The van der Waals surface area contributed by atoms with Crippen LogP contribution in [-0.4, -0.2) is 39.3 Å². The molecule has 0 spiro atoms. The van der Waals surface area contributed by atoms with Gasteiger partial charge in [0.2, 0.25) is 0 Å². The lowest BCUT2D eigenvalue weighted by molar-refractivity contribution is 0.0982. The molecule has 0 N–H and O–H groups in total. The Balaban J connectivity index is 2.01. The summed E-state index contributed by atoms with van der Waals surface area (Å²) in [6.07, 6.45) is 1.56. The highest BCUT2D eigenvalue weighted by Gasteiger charge is 2.32. The van der Waals surface area contributed by atoms with Crippen LogP contribution in [0.1, 0.15) is 29.8 Å². The second-order valence-electron chi connectivity index (χ2n) is 6.76. The third-order valence-electron chi connectivity index (χ3n) is 4.56. The van der Waals surface area contributed by atoms with Gasteiger partial charge in [0.05, 0.1) is 25.0 Å². The molecule has 3 rings (SSSR count). The summed E-state index contributed by atoms with van der Waals surface area (Å²) in [5.41, 5.74) is 2.09. The molecule has 1 aliphatic heterocycles. The van der Waals surface area contributed by atoms with Crippen molar-refractivity contribution < 1.29 is 22.7 Å². The van der Waals surface area contributed by atoms with Gasteiger partial charge in [-0.3, -0.25) is 4.79 Å². The first-order valence-corrected chi connectivity index (χ1v) is 11.3. The Labute approximate surface area is 171 Å². The van der Waals surface area contributed by atoms with Crippen LogP contribution >= 0.6 is 0 Å². The zero-order chi connectivity index (χ0) is 21.0. The number of carbonyl (C=O) groups is 1. The minimum Gasteiger partial charge on any atom is -0.490 e. The molecule has 154 valence electrons. The zero-order valence-electron chi connectivity index (χ0n) is 16.8. The maximum Gasteiger partial charge on any atom is 0.258 e. The molecule has 1 aliphatic rings. The molecular formula is C22H25NO5S. The number of nitrogens with zero attached hydrogens (tertiary/aromatic N) is 1. The van der Waals surface area contributed by atoms with Gasteiger partial charge in [0, 0.05) is 16.7 Å². The van der Waals surface area contributed by atoms with E-state index in [1.807, 2.05) is 45.0 Å². The predicted molar refractivity (Wildman–Crippen MR) is 113 cm³/mol. The SMILES string of the molecule is CCOc1ccc(C(=O)N(c2ccc(C)cc2)C2C=CS(=O)(=O)C2)cc1OCC. The Bertz CT molecular complexity index is 1010. The lowest BCUT2D eigenvalue weighted by Crippen LogP contribution is -2.41. The van der Waals surface area contributed by atoms with Crippen LogP contribution in [0, 0.1) is 6.92 Å². The van der Waals surface area contributed by atoms with Gasteiger partial charge < -0.3 is 14.4 Å². The van der Waals surface area contributed by atoms with Gasteiger partial charge in [0.15, 0.2) is 21.3 Å². The molecule has 1 unspecified atom stereocenters. The van der Waals surface area contributed by atoms with E-state index >= 15 is 0 Å². The number of sulfone groups is 1. The number of anilines is 1. The van der Waals surface area contributed by atoms with Crippen LogP contribution in [0.15, 0.2) is 53.9 Å². The molecule has 0 bridgehead atoms. The molecule has 0 saturated heterocycles. The highest BCUT2D eigenvalue weighted by Crippen LogP contribution is 2.31. The summed E-state index contributed by atoms with van der Waals surface area (Å²) in [5.74, 6) is 0.612. The van der Waals surface area contributed by atoms with Gasteiger partial charge in [-0.1, -0.05) is 17.7 Å². The molecule has 29 heavy (non-hydrogen) atoms. The average molecular weight is 416 g/mol. The van der Waals surface area contributed by atoms with E-state index in [4.69, 9.17) is 9.47 Å². The van der Waals surface area contributed by atoms with Gasteiger partial charge in [-0.25, -0.2) is 8.42 Å². The van der Waals surface area contributed by atoms with E-state index < -0.39 is 15.9 Å². The largest absolute Gasteiger partial charge is 0.490 e. The van der Waals surface area contributed by atoms with E-state index in [2.05, 4.69) is 0 Å². The normalized spacial score (nSPS) is 17.1. The molecule has 1 heterocycles. The number of rotatable bonds is 7. The van der Waals surface area contributed by atoms with Crippen LogP contribution in [0.3, 0.4) is 0 Å². The number of carbonyl (C=O) groups excluding carboxylic acids is 1. The predicted octanol–water partition coefficient (Wildman–Crippen LogP) is 3.75. The van der Waals surface area contributed by atoms with Gasteiger partial charge >= 0.3 is 0 Å². The molecule has 2 aromatic carbocycles. The van der Waals surface area contributed by atoms with E-state index in [0.29, 0.717) is 36.0 Å². The number of ether oxygens (including phenoxy) is 2. The quantitative estimate of drug-likeness (QED) is 0.689. The van der Waals surface area contributed by atoms with Crippen molar-refractivity contribution in [2.75, 3.05) is 23.9 Å². The van der Waals surface area contributed by atoms with E-state index in [9.17, 15) is 13.2 Å². The zero-order valence-corrected chi connectivity index (χ0v) is 17.6. The molecule has 7 heteroatoms. The average Bonchev–Trinajstić information content (AvgIpc) is 3.04. The van der Waals surface area contributed by atoms with Crippen molar-refractivity contribution in [2.24, 2.45) is 0 Å². The fourth-order valence-corrected chi connectivity index (χ4v) is 4.48. The maximum atomic E-state index is 13.5. The second-order valence-corrected chi connectivity index (χ2v) is 8.69. The summed E-state index contributed by atoms with van der Waals surface area (Å²) in [7, 11) is -3.32. The molecule has 1 atom stereocenters. The number of amides is 1. The molecule has 0 saturated carbocycles. The van der Waals surface area contributed by atoms with Crippen molar-refractivity contribution in [2.45, 2.75) is 26.8 Å². The Morgan fingerprint density at radius 1 is 1.03 bits per heavy atom. The molecule has 0 aliphatic carbocycles. The minimum absolute atomic E-state index is 0.137. The van der Waals surface area contributed by atoms with Crippen LogP contribution < -0.4 is 14.4 Å². The second kappa shape index (κ2) is 8.69. The molecule has 0 fully saturated rings. The van der Waals surface area contributed by atoms with E-state index in [1.165, 1.54) is 10.3 Å². The lowest BCUT2D eigenvalue weighted by Gasteiger charge is -2.28. The summed E-state index contributed by atoms with van der Waals surface area (Å²) in [6, 6.07) is 11.9. The minimum atomic E-state index is -3.32. The number of hydrogen-bond acceptors (Lipinski definition) is 5. The lowest BCUT2D eigenvalue weighted by atomic mass is 10.1. The first-order chi connectivity index (χ1) is 13.8. The highest BCUT2D eigenvalue weighted by molar-refractivity contribution is 7.94. The number of benzene rings is 2. The highest BCUT2D eigenvalue weighted by atomic mass is 32.2. The van der Waals surface area contributed by atoms with Crippen LogP contribution in [0.2, 0.25) is 0 Å². The van der Waals surface area contributed by atoms with Crippen LogP contribution in [0.4, 0.5) is 5.69 Å². The Morgan fingerprint density at radius 3 is 2.28 bits per heavy atom. The summed E-state index contributed by atoms with van der Waals surface area (Å²) < 4.78 is 35.2. The maximum absolute atomic E-state index is 13.5. The molecule has 0 radical (unpaired) electrons. The van der Waals surface area contributed by atoms with Gasteiger partial charge in [0.25, 0.3) is 5.91 Å². The summed E-state index contributed by atoms with van der Waals surface area (Å²) >= 11 is 0. The monoisotopic (exact) mass is 415 g/mol. The standard InChI is InChI=1S/C22H25NO5S/c1-4-27-20-11-8-17(14-21(20)28-5-2)22(24)23(18-9-6-16(3)7-10-18)19-12-13-29(25,26)15-19/h6-14,19H,4-5,15H2,1-3H3. The molecule has 6 nitrogen and oxygen atoms in total. The summed E-state index contributed by atoms with van der Waals surface area (Å²) in [5, 5.41) is 1.18. The molecule has 2 aromatic rings. The summed E-state index contributed by atoms with van der Waals surface area (Å²) in [4.78, 5) is 15.0. The Kier molecular flexibility index (Phi) is 6.27. The van der Waals surface area contributed by atoms with Crippen molar-refractivity contribution >= 4 is 21.4 Å². The molecule has 0 aromatic heterocycles. The van der Waals surface area contributed by atoms with Crippen molar-refractivity contribution in [1.29, 1.82) is 0 Å². The van der Waals surface area contributed by atoms with Gasteiger partial charge in [-0.05, 0) is 57.2 Å². The van der Waals surface area contributed by atoms with Crippen LogP contribution in [0.25, 0.3) is 0 Å². The van der Waals surface area contributed by atoms with E-state index in [1.54, 1.807) is 24.3 Å². The van der Waals surface area contributed by atoms with Gasteiger partial charge in [-0.2, -0.15) is 0 Å². The third-order valence-corrected chi connectivity index (χ3v) is 5.94. The van der Waals surface area contributed by atoms with E-state index in [0.717, 1.165) is 5.56 Å². The fourth-order valence-electron chi connectivity index (χ4n) is 3.21. The van der Waals surface area contributed by atoms with Crippen molar-refractivity contribution in [1.82, 2.24) is 0 Å². The van der Waals surface area contributed by atoms with E-state index in [-0.39, 0.29) is 11.7 Å².